The van der Waals surface area contributed by atoms with Gasteiger partial charge in [-0.3, -0.25) is 4.79 Å². The molecule has 0 bridgehead atoms. The van der Waals surface area contributed by atoms with Crippen molar-refractivity contribution >= 4 is 35.1 Å². The summed E-state index contributed by atoms with van der Waals surface area (Å²) in [7, 11) is 1.49. The minimum Gasteiger partial charge on any atom is -0.495 e. The SMILES string of the molecule is CCC(C)NC(=O)Cc1ccc(N(C(=O)Oc2c(C)cccc2C)c2ccnc(Nc3ccc(OCCCN4CCCCC4)c(F)c3)n2)c(OC)c1. The Balaban J connectivity index is 1.37. The number of aryl methyl sites for hydroxylation is 2. The van der Waals surface area contributed by atoms with E-state index in [0.29, 0.717) is 35.0 Å². The van der Waals surface area contributed by atoms with Gasteiger partial charge in [-0.25, -0.2) is 19.1 Å². The van der Waals surface area contributed by atoms with Gasteiger partial charge in [-0.15, -0.1) is 0 Å². The molecule has 2 amide bonds. The van der Waals surface area contributed by atoms with E-state index in [-0.39, 0.29) is 35.9 Å². The minimum absolute atomic E-state index is 0.0476. The van der Waals surface area contributed by atoms with Crippen molar-refractivity contribution in [3.63, 3.8) is 0 Å². The largest absolute Gasteiger partial charge is 0.495 e. The monoisotopic (exact) mass is 712 g/mol. The summed E-state index contributed by atoms with van der Waals surface area (Å²) < 4.78 is 32.6. The van der Waals surface area contributed by atoms with Crippen LogP contribution in [0.1, 0.15) is 62.6 Å². The Kier molecular flexibility index (Phi) is 13.4. The highest BCUT2D eigenvalue weighted by atomic mass is 19.1. The van der Waals surface area contributed by atoms with Crippen LogP contribution in [0, 0.1) is 19.7 Å². The topological polar surface area (TPSA) is 118 Å². The first-order valence-corrected chi connectivity index (χ1v) is 17.9. The number of ether oxygens (including phenoxy) is 3. The Hall–Kier alpha value is -5.23. The number of likely N-dealkylation sites (tertiary alicyclic amines) is 1. The summed E-state index contributed by atoms with van der Waals surface area (Å²) in [6.07, 6.45) is 6.26. The van der Waals surface area contributed by atoms with Crippen LogP contribution in [-0.2, 0) is 11.2 Å². The number of nitrogens with one attached hydrogen (secondary N) is 2. The van der Waals surface area contributed by atoms with E-state index in [1.54, 1.807) is 36.4 Å². The van der Waals surface area contributed by atoms with Crippen LogP contribution in [0.5, 0.6) is 17.2 Å². The summed E-state index contributed by atoms with van der Waals surface area (Å²) in [4.78, 5) is 39.4. The predicted octanol–water partition coefficient (Wildman–Crippen LogP) is 8.03. The Morgan fingerprint density at radius 2 is 1.77 bits per heavy atom. The van der Waals surface area contributed by atoms with E-state index in [0.717, 1.165) is 43.6 Å². The number of benzene rings is 3. The minimum atomic E-state index is -0.740. The van der Waals surface area contributed by atoms with E-state index in [4.69, 9.17) is 14.2 Å². The molecule has 1 saturated heterocycles. The van der Waals surface area contributed by atoms with Crippen LogP contribution in [0.25, 0.3) is 0 Å². The number of aromatic nitrogens is 2. The van der Waals surface area contributed by atoms with Crippen molar-refractivity contribution in [3.8, 4) is 17.2 Å². The Labute approximate surface area is 305 Å². The number of halogens is 1. The number of nitrogens with zero attached hydrogens (tertiary/aromatic N) is 4. The number of rotatable bonds is 15. The lowest BCUT2D eigenvalue weighted by Gasteiger charge is -2.26. The summed E-state index contributed by atoms with van der Waals surface area (Å²) in [6, 6.07) is 17.0. The second-order valence-corrected chi connectivity index (χ2v) is 13.1. The second kappa shape index (κ2) is 18.3. The molecule has 276 valence electrons. The number of anilines is 4. The maximum absolute atomic E-state index is 15.1. The van der Waals surface area contributed by atoms with Crippen LogP contribution in [0.4, 0.5) is 32.3 Å². The number of hydrogen-bond donors (Lipinski definition) is 2. The van der Waals surface area contributed by atoms with Crippen molar-refractivity contribution in [2.45, 2.75) is 72.3 Å². The molecule has 2 N–H and O–H groups in total. The van der Waals surface area contributed by atoms with E-state index in [1.807, 2.05) is 45.9 Å². The first kappa shape index (κ1) is 38.0. The van der Waals surface area contributed by atoms with E-state index in [9.17, 15) is 9.59 Å². The molecule has 0 aliphatic carbocycles. The van der Waals surface area contributed by atoms with Crippen LogP contribution in [0.15, 0.2) is 66.9 Å². The van der Waals surface area contributed by atoms with Crippen LogP contribution < -0.4 is 29.7 Å². The number of carbonyl (C=O) groups is 2. The number of carbonyl (C=O) groups excluding carboxylic acids is 2. The molecule has 2 heterocycles. The molecule has 1 aliphatic rings. The molecule has 0 spiro atoms. The standard InChI is InChI=1S/C40H49FN6O5/c1-6-29(4)43-37(48)25-30-14-16-33(35(24-30)50-5)47(40(49)52-38-27(2)12-10-13-28(38)3)36-18-19-42-39(45-36)44-31-15-17-34(32(41)26-31)51-23-11-22-46-20-8-7-9-21-46/h10,12-19,24,26,29H,6-9,11,20-23,25H2,1-5H3,(H,43,48)(H,42,44,45). The molecule has 12 heteroatoms. The zero-order chi connectivity index (χ0) is 37.0. The first-order valence-electron chi connectivity index (χ1n) is 17.9. The fourth-order valence-electron chi connectivity index (χ4n) is 6.05. The maximum Gasteiger partial charge on any atom is 0.425 e. The van der Waals surface area contributed by atoms with Gasteiger partial charge in [0.15, 0.2) is 11.6 Å². The summed E-state index contributed by atoms with van der Waals surface area (Å²) in [5, 5.41) is 6.01. The maximum atomic E-state index is 15.1. The number of para-hydroxylation sites is 1. The zero-order valence-corrected chi connectivity index (χ0v) is 30.7. The van der Waals surface area contributed by atoms with E-state index >= 15 is 4.39 Å². The van der Waals surface area contributed by atoms with Gasteiger partial charge in [-0.1, -0.05) is 37.6 Å². The average Bonchev–Trinajstić information content (AvgIpc) is 3.13. The van der Waals surface area contributed by atoms with Crippen LogP contribution >= 0.6 is 0 Å². The molecule has 1 aromatic heterocycles. The van der Waals surface area contributed by atoms with Crippen molar-refractivity contribution in [2.24, 2.45) is 0 Å². The third-order valence-corrected chi connectivity index (χ3v) is 9.03. The van der Waals surface area contributed by atoms with Crippen LogP contribution in [-0.4, -0.2) is 66.3 Å². The normalized spacial score (nSPS) is 13.6. The summed E-state index contributed by atoms with van der Waals surface area (Å²) in [5.41, 5.74) is 3.00. The Morgan fingerprint density at radius 3 is 2.48 bits per heavy atom. The lowest BCUT2D eigenvalue weighted by atomic mass is 10.1. The molecule has 4 aromatic rings. The highest BCUT2D eigenvalue weighted by molar-refractivity contribution is 5.98. The molecule has 1 fully saturated rings. The first-order chi connectivity index (χ1) is 25.1. The smallest absolute Gasteiger partial charge is 0.425 e. The van der Waals surface area contributed by atoms with E-state index in [2.05, 4.69) is 25.5 Å². The fourth-order valence-corrected chi connectivity index (χ4v) is 6.05. The van der Waals surface area contributed by atoms with Crippen LogP contribution in [0.3, 0.4) is 0 Å². The number of amides is 2. The van der Waals surface area contributed by atoms with E-state index in [1.165, 1.54) is 43.5 Å². The highest BCUT2D eigenvalue weighted by Gasteiger charge is 2.27. The van der Waals surface area contributed by atoms with Gasteiger partial charge in [0.2, 0.25) is 11.9 Å². The van der Waals surface area contributed by atoms with Crippen molar-refractivity contribution in [1.29, 1.82) is 0 Å². The molecular formula is C40H49FN6O5. The van der Waals surface area contributed by atoms with Crippen LogP contribution in [0.2, 0.25) is 0 Å². The molecule has 11 nitrogen and oxygen atoms in total. The molecule has 0 saturated carbocycles. The van der Waals surface area contributed by atoms with Crippen molar-refractivity contribution in [2.75, 3.05) is 43.6 Å². The molecule has 3 aromatic carbocycles. The number of piperidine rings is 1. The number of methoxy groups -OCH3 is 1. The lowest BCUT2D eigenvalue weighted by Crippen LogP contribution is -2.33. The fraction of sp³-hybridized carbons (Fsp3) is 0.400. The summed E-state index contributed by atoms with van der Waals surface area (Å²) in [6.45, 7) is 11.3. The van der Waals surface area contributed by atoms with Gasteiger partial charge >= 0.3 is 6.09 Å². The van der Waals surface area contributed by atoms with E-state index < -0.39 is 11.9 Å². The van der Waals surface area contributed by atoms with Gasteiger partial charge in [0.25, 0.3) is 0 Å². The summed E-state index contributed by atoms with van der Waals surface area (Å²) >= 11 is 0. The molecule has 52 heavy (non-hydrogen) atoms. The predicted molar refractivity (Wildman–Crippen MR) is 201 cm³/mol. The Bertz CT molecular complexity index is 1810. The van der Waals surface area contributed by atoms with Crippen molar-refractivity contribution in [3.05, 3.63) is 89.4 Å². The lowest BCUT2D eigenvalue weighted by molar-refractivity contribution is -0.121. The molecule has 1 unspecified atom stereocenters. The average molecular weight is 713 g/mol. The number of hydrogen-bond acceptors (Lipinski definition) is 9. The van der Waals surface area contributed by atoms with Gasteiger partial charge in [0.1, 0.15) is 17.3 Å². The van der Waals surface area contributed by atoms with Crippen molar-refractivity contribution in [1.82, 2.24) is 20.2 Å². The quantitative estimate of drug-likeness (QED) is 0.118. The molecule has 1 aliphatic heterocycles. The Morgan fingerprint density at radius 1 is 1.00 bits per heavy atom. The third kappa shape index (κ3) is 10.2. The highest BCUT2D eigenvalue weighted by Crippen LogP contribution is 2.36. The molecule has 1 atom stereocenters. The van der Waals surface area contributed by atoms with Gasteiger partial charge in [0, 0.05) is 36.6 Å². The molecule has 0 radical (unpaired) electrons. The van der Waals surface area contributed by atoms with Gasteiger partial charge in [-0.2, -0.15) is 4.98 Å². The second-order valence-electron chi connectivity index (χ2n) is 13.1. The molecular weight excluding hydrogens is 663 g/mol. The van der Waals surface area contributed by atoms with Gasteiger partial charge in [-0.05, 0) is 100 Å². The molecule has 5 rings (SSSR count). The van der Waals surface area contributed by atoms with Gasteiger partial charge < -0.3 is 29.7 Å². The third-order valence-electron chi connectivity index (χ3n) is 9.03. The summed E-state index contributed by atoms with van der Waals surface area (Å²) in [5.74, 6) is 0.580. The van der Waals surface area contributed by atoms with Gasteiger partial charge in [0.05, 0.1) is 25.8 Å². The zero-order valence-electron chi connectivity index (χ0n) is 30.7. The van der Waals surface area contributed by atoms with Crippen molar-refractivity contribution < 1.29 is 28.2 Å².